The molecular weight excluding hydrogens is 428 g/mol. The summed E-state index contributed by atoms with van der Waals surface area (Å²) in [4.78, 5) is 25.1. The van der Waals surface area contributed by atoms with Crippen LogP contribution in [0, 0.1) is 18.7 Å². The summed E-state index contributed by atoms with van der Waals surface area (Å²) in [5, 5.41) is 2.66. The van der Waals surface area contributed by atoms with Crippen molar-refractivity contribution in [3.05, 3.63) is 29.1 Å². The number of carbonyl (C=O) groups excluding carboxylic acids is 2. The molecule has 1 N–H and O–H groups in total. The Labute approximate surface area is 196 Å². The van der Waals surface area contributed by atoms with Crippen molar-refractivity contribution in [2.24, 2.45) is 5.92 Å². The summed E-state index contributed by atoms with van der Waals surface area (Å²) >= 11 is 0. The topological polar surface area (TPSA) is 83.1 Å². The minimum absolute atomic E-state index is 0.131. The van der Waals surface area contributed by atoms with Crippen molar-refractivity contribution >= 4 is 24.6 Å². The third-order valence-corrected chi connectivity index (χ3v) is 6.00. The van der Waals surface area contributed by atoms with Crippen LogP contribution in [0.5, 0.6) is 0 Å². The first-order chi connectivity index (χ1) is 15.0. The van der Waals surface area contributed by atoms with Gasteiger partial charge in [-0.2, -0.15) is 0 Å². The van der Waals surface area contributed by atoms with Crippen molar-refractivity contribution in [3.63, 3.8) is 0 Å². The molecule has 0 radical (unpaired) electrons. The molecule has 0 aromatic heterocycles. The first kappa shape index (κ1) is 27.1. The summed E-state index contributed by atoms with van der Waals surface area (Å²) in [5.74, 6) is -1.97. The van der Waals surface area contributed by atoms with Crippen LogP contribution in [0.4, 0.5) is 9.18 Å². The van der Waals surface area contributed by atoms with E-state index in [4.69, 9.17) is 18.8 Å². The van der Waals surface area contributed by atoms with Crippen LogP contribution in [0.25, 0.3) is 0 Å². The average molecular weight is 465 g/mol. The van der Waals surface area contributed by atoms with E-state index >= 15 is 4.39 Å². The van der Waals surface area contributed by atoms with Gasteiger partial charge in [0, 0.05) is 5.56 Å². The lowest BCUT2D eigenvalue weighted by Gasteiger charge is -2.32. The maximum absolute atomic E-state index is 15.4. The third kappa shape index (κ3) is 6.26. The van der Waals surface area contributed by atoms with Gasteiger partial charge < -0.3 is 24.1 Å². The molecule has 1 amide bonds. The van der Waals surface area contributed by atoms with Gasteiger partial charge in [0.2, 0.25) is 0 Å². The van der Waals surface area contributed by atoms with Crippen LogP contribution in [-0.4, -0.2) is 42.6 Å². The van der Waals surface area contributed by atoms with E-state index in [9.17, 15) is 9.59 Å². The smallest absolute Gasteiger partial charge is 0.466 e. The lowest BCUT2D eigenvalue weighted by Crippen LogP contribution is -2.41. The lowest BCUT2D eigenvalue weighted by molar-refractivity contribution is -0.148. The van der Waals surface area contributed by atoms with E-state index in [0.29, 0.717) is 11.0 Å². The molecule has 9 heteroatoms. The summed E-state index contributed by atoms with van der Waals surface area (Å²) in [5.41, 5.74) is -0.857. The van der Waals surface area contributed by atoms with Crippen molar-refractivity contribution in [2.75, 3.05) is 6.61 Å². The molecule has 1 fully saturated rings. The van der Waals surface area contributed by atoms with Crippen LogP contribution in [0.15, 0.2) is 12.1 Å². The van der Waals surface area contributed by atoms with E-state index in [0.717, 1.165) is 0 Å². The summed E-state index contributed by atoms with van der Waals surface area (Å²) < 4.78 is 38.1. The highest BCUT2D eigenvalue weighted by atomic mass is 19.1. The Kier molecular flexibility index (Phi) is 7.91. The molecular formula is C24H37BFNO6. The van der Waals surface area contributed by atoms with Crippen molar-refractivity contribution in [3.8, 4) is 0 Å². The number of nitrogens with one attached hydrogen (secondary N) is 1. The predicted octanol–water partition coefficient (Wildman–Crippen LogP) is 4.20. The lowest BCUT2D eigenvalue weighted by atomic mass is 9.76. The number of aryl methyl sites for hydroxylation is 1. The zero-order chi connectivity index (χ0) is 25.4. The van der Waals surface area contributed by atoms with Gasteiger partial charge in [-0.1, -0.05) is 12.1 Å². The number of alkyl carbamates (subject to hydrolysis) is 1. The molecule has 7 nitrogen and oxygen atoms in total. The van der Waals surface area contributed by atoms with Crippen LogP contribution in [0.1, 0.15) is 79.5 Å². The number of esters is 1. The number of hydrogen-bond acceptors (Lipinski definition) is 6. The summed E-state index contributed by atoms with van der Waals surface area (Å²) in [6.07, 6.45) is -0.762. The molecule has 1 aliphatic heterocycles. The molecule has 1 aliphatic rings. The molecule has 0 saturated carbocycles. The number of ether oxygens (including phenoxy) is 2. The average Bonchev–Trinajstić information content (AvgIpc) is 2.87. The number of benzene rings is 1. The van der Waals surface area contributed by atoms with Crippen LogP contribution < -0.4 is 10.8 Å². The SMILES string of the molecule is CCOC(=O)[C@@H](C)[C@H](NC(=O)OC(C)(C)C)c1cc(B2OC(C)(C)C(C)(C)O2)cc(C)c1F. The highest BCUT2D eigenvalue weighted by molar-refractivity contribution is 6.62. The normalized spacial score (nSPS) is 19.1. The molecule has 1 heterocycles. The number of amides is 1. The van der Waals surface area contributed by atoms with Crippen molar-refractivity contribution in [2.45, 2.75) is 92.1 Å². The van der Waals surface area contributed by atoms with E-state index in [1.54, 1.807) is 53.7 Å². The number of halogens is 1. The van der Waals surface area contributed by atoms with Gasteiger partial charge in [0.05, 0.1) is 29.8 Å². The zero-order valence-corrected chi connectivity index (χ0v) is 21.4. The third-order valence-electron chi connectivity index (χ3n) is 6.00. The van der Waals surface area contributed by atoms with Gasteiger partial charge in [-0.3, -0.25) is 4.79 Å². The molecule has 33 heavy (non-hydrogen) atoms. The van der Waals surface area contributed by atoms with Crippen molar-refractivity contribution in [1.82, 2.24) is 5.32 Å². The Balaban J connectivity index is 2.51. The standard InChI is InChI=1S/C24H37BFNO6/c1-11-30-20(28)15(3)19(27-21(29)31-22(4,5)6)17-13-16(12-14(2)18(17)26)25-32-23(7,8)24(9,10)33-25/h12-13,15,19H,11H2,1-10H3,(H,27,29)/t15-,19-/m0/s1. The van der Waals surface area contributed by atoms with E-state index in [1.165, 1.54) is 0 Å². The van der Waals surface area contributed by atoms with Crippen LogP contribution in [0.2, 0.25) is 0 Å². The van der Waals surface area contributed by atoms with Crippen LogP contribution >= 0.6 is 0 Å². The van der Waals surface area contributed by atoms with E-state index in [-0.39, 0.29) is 12.2 Å². The monoisotopic (exact) mass is 465 g/mol. The van der Waals surface area contributed by atoms with Gasteiger partial charge in [0.25, 0.3) is 0 Å². The molecule has 1 aromatic carbocycles. The largest absolute Gasteiger partial charge is 0.494 e. The Morgan fingerprint density at radius 3 is 2.18 bits per heavy atom. The van der Waals surface area contributed by atoms with Gasteiger partial charge in [-0.25, -0.2) is 9.18 Å². The fourth-order valence-corrected chi connectivity index (χ4v) is 3.48. The number of carbonyl (C=O) groups is 2. The quantitative estimate of drug-likeness (QED) is 0.501. The second kappa shape index (κ2) is 9.62. The summed E-state index contributed by atoms with van der Waals surface area (Å²) in [6.45, 7) is 17.9. The Bertz CT molecular complexity index is 880. The van der Waals surface area contributed by atoms with Gasteiger partial charge in [-0.05, 0) is 80.3 Å². The second-order valence-corrected chi connectivity index (χ2v) is 10.5. The minimum atomic E-state index is -1.03. The molecule has 0 aliphatic carbocycles. The van der Waals surface area contributed by atoms with Gasteiger partial charge in [-0.15, -0.1) is 0 Å². The molecule has 2 atom stereocenters. The Hall–Kier alpha value is -2.13. The van der Waals surface area contributed by atoms with E-state index in [2.05, 4.69) is 5.32 Å². The molecule has 1 saturated heterocycles. The van der Waals surface area contributed by atoms with E-state index < -0.39 is 53.8 Å². The van der Waals surface area contributed by atoms with E-state index in [1.807, 2.05) is 27.7 Å². The van der Waals surface area contributed by atoms with Crippen molar-refractivity contribution < 1.29 is 32.8 Å². The van der Waals surface area contributed by atoms with Gasteiger partial charge >= 0.3 is 19.2 Å². The molecule has 1 aromatic rings. The first-order valence-corrected chi connectivity index (χ1v) is 11.3. The molecule has 2 rings (SSSR count). The Morgan fingerprint density at radius 2 is 1.70 bits per heavy atom. The fourth-order valence-electron chi connectivity index (χ4n) is 3.48. The van der Waals surface area contributed by atoms with Gasteiger partial charge in [0.15, 0.2) is 0 Å². The van der Waals surface area contributed by atoms with Crippen molar-refractivity contribution in [1.29, 1.82) is 0 Å². The van der Waals surface area contributed by atoms with Crippen LogP contribution in [0.3, 0.4) is 0 Å². The maximum Gasteiger partial charge on any atom is 0.494 e. The summed E-state index contributed by atoms with van der Waals surface area (Å²) in [7, 11) is -0.729. The second-order valence-electron chi connectivity index (χ2n) is 10.5. The number of hydrogen-bond donors (Lipinski definition) is 1. The number of rotatable bonds is 6. The van der Waals surface area contributed by atoms with Crippen LogP contribution in [-0.2, 0) is 23.6 Å². The summed E-state index contributed by atoms with van der Waals surface area (Å²) in [6, 6.07) is 2.20. The first-order valence-electron chi connectivity index (χ1n) is 11.3. The molecule has 184 valence electrons. The zero-order valence-electron chi connectivity index (χ0n) is 21.4. The fraction of sp³-hybridized carbons (Fsp3) is 0.667. The van der Waals surface area contributed by atoms with Gasteiger partial charge in [0.1, 0.15) is 11.4 Å². The maximum atomic E-state index is 15.4. The predicted molar refractivity (Wildman–Crippen MR) is 125 cm³/mol. The highest BCUT2D eigenvalue weighted by Crippen LogP contribution is 2.37. The Morgan fingerprint density at radius 1 is 1.15 bits per heavy atom. The minimum Gasteiger partial charge on any atom is -0.466 e. The molecule has 0 bridgehead atoms. The molecule has 0 spiro atoms. The highest BCUT2D eigenvalue weighted by Gasteiger charge is 2.52. The molecule has 0 unspecified atom stereocenters.